The second kappa shape index (κ2) is 10.8. The Morgan fingerprint density at radius 3 is 2.68 bits per heavy atom. The summed E-state index contributed by atoms with van der Waals surface area (Å²) in [6.45, 7) is 1.24. The third-order valence-corrected chi connectivity index (χ3v) is 7.50. The number of amides is 1. The van der Waals surface area contributed by atoms with Gasteiger partial charge in [-0.25, -0.2) is 23.0 Å². The molecule has 1 aromatic heterocycles. The topological polar surface area (TPSA) is 134 Å². The molecule has 1 unspecified atom stereocenters. The third kappa shape index (κ3) is 6.18. The Labute approximate surface area is 206 Å². The fourth-order valence-corrected chi connectivity index (χ4v) is 5.04. The molecule has 0 aliphatic rings. The van der Waals surface area contributed by atoms with Gasteiger partial charge in [0, 0.05) is 10.0 Å². The minimum absolute atomic E-state index is 0.0226. The van der Waals surface area contributed by atoms with E-state index in [4.69, 9.17) is 9.84 Å². The van der Waals surface area contributed by atoms with Gasteiger partial charge in [-0.05, 0) is 48.7 Å². The molecule has 13 heteroatoms. The summed E-state index contributed by atoms with van der Waals surface area (Å²) in [4.78, 5) is 23.8. The summed E-state index contributed by atoms with van der Waals surface area (Å²) in [7, 11) is -3.90. The van der Waals surface area contributed by atoms with Crippen molar-refractivity contribution in [3.63, 3.8) is 0 Å². The van der Waals surface area contributed by atoms with Gasteiger partial charge in [0.05, 0.1) is 17.5 Å². The van der Waals surface area contributed by atoms with Crippen molar-refractivity contribution in [2.75, 3.05) is 4.72 Å². The fourth-order valence-electron chi connectivity index (χ4n) is 2.60. The van der Waals surface area contributed by atoms with Crippen LogP contribution in [0.4, 0.5) is 10.1 Å². The maximum Gasteiger partial charge on any atom is 0.344 e. The number of rotatable bonds is 9. The largest absolute Gasteiger partial charge is 0.479 e. The minimum atomic E-state index is -3.90. The van der Waals surface area contributed by atoms with E-state index in [0.717, 1.165) is 23.6 Å². The number of ether oxygens (including phenoxy) is 1. The van der Waals surface area contributed by atoms with Crippen molar-refractivity contribution in [1.82, 2.24) is 5.43 Å². The number of carboxylic acids is 1. The van der Waals surface area contributed by atoms with E-state index in [0.29, 0.717) is 4.47 Å². The van der Waals surface area contributed by atoms with Gasteiger partial charge in [0.2, 0.25) is 0 Å². The van der Waals surface area contributed by atoms with Crippen molar-refractivity contribution in [1.29, 1.82) is 0 Å². The van der Waals surface area contributed by atoms with E-state index >= 15 is 0 Å². The lowest BCUT2D eigenvalue weighted by molar-refractivity contribution is -0.144. The van der Waals surface area contributed by atoms with E-state index in [2.05, 4.69) is 31.2 Å². The Balaban J connectivity index is 1.82. The smallest absolute Gasteiger partial charge is 0.344 e. The molecule has 0 aliphatic carbocycles. The van der Waals surface area contributed by atoms with Crippen molar-refractivity contribution in [3.8, 4) is 5.75 Å². The molecule has 0 fully saturated rings. The van der Waals surface area contributed by atoms with E-state index in [1.54, 1.807) is 17.5 Å². The van der Waals surface area contributed by atoms with Crippen LogP contribution in [-0.2, 0) is 14.8 Å². The molecule has 0 aliphatic heterocycles. The van der Waals surface area contributed by atoms with Crippen LogP contribution in [0.3, 0.4) is 0 Å². The van der Waals surface area contributed by atoms with Crippen LogP contribution in [0.5, 0.6) is 5.75 Å². The Morgan fingerprint density at radius 2 is 2.00 bits per heavy atom. The number of hydrazone groups is 1. The average Bonchev–Trinajstić information content (AvgIpc) is 3.33. The van der Waals surface area contributed by atoms with E-state index in [1.165, 1.54) is 37.3 Å². The molecule has 0 spiro atoms. The van der Waals surface area contributed by atoms with Gasteiger partial charge in [-0.1, -0.05) is 28.1 Å². The molecular formula is C21H17BrFN3O6S2. The number of nitrogens with zero attached hydrogens (tertiary/aromatic N) is 1. The molecule has 0 radical (unpaired) electrons. The molecule has 1 atom stereocenters. The van der Waals surface area contributed by atoms with E-state index in [-0.39, 0.29) is 26.8 Å². The number of carbonyl (C=O) groups excluding carboxylic acids is 1. The van der Waals surface area contributed by atoms with Crippen LogP contribution in [-0.4, -0.2) is 37.7 Å². The lowest BCUT2D eigenvalue weighted by Crippen LogP contribution is -2.24. The summed E-state index contributed by atoms with van der Waals surface area (Å²) in [5, 5.41) is 14.4. The third-order valence-electron chi connectivity index (χ3n) is 4.24. The zero-order valence-corrected chi connectivity index (χ0v) is 20.6. The predicted molar refractivity (Wildman–Crippen MR) is 128 cm³/mol. The lowest BCUT2D eigenvalue weighted by atomic mass is 10.2. The van der Waals surface area contributed by atoms with Gasteiger partial charge in [-0.15, -0.1) is 11.3 Å². The summed E-state index contributed by atoms with van der Waals surface area (Å²) < 4.78 is 47.4. The average molecular weight is 570 g/mol. The molecule has 0 saturated carbocycles. The highest BCUT2D eigenvalue weighted by atomic mass is 79.9. The van der Waals surface area contributed by atoms with Gasteiger partial charge in [0.1, 0.15) is 4.21 Å². The Kier molecular flexibility index (Phi) is 8.02. The fraction of sp³-hybridized carbons (Fsp3) is 0.0952. The van der Waals surface area contributed by atoms with Crippen LogP contribution in [0.25, 0.3) is 0 Å². The molecule has 9 nitrogen and oxygen atoms in total. The van der Waals surface area contributed by atoms with Crippen molar-refractivity contribution in [3.05, 3.63) is 75.3 Å². The van der Waals surface area contributed by atoms with Crippen LogP contribution in [0.15, 0.2) is 67.7 Å². The first-order valence-corrected chi connectivity index (χ1v) is 12.6. The highest BCUT2D eigenvalue weighted by molar-refractivity contribution is 9.10. The second-order valence-electron chi connectivity index (χ2n) is 6.68. The number of hydrogen-bond donors (Lipinski definition) is 3. The number of carbonyl (C=O) groups is 2. The molecule has 34 heavy (non-hydrogen) atoms. The van der Waals surface area contributed by atoms with Gasteiger partial charge in [0.25, 0.3) is 15.9 Å². The van der Waals surface area contributed by atoms with Crippen molar-refractivity contribution >= 4 is 61.1 Å². The number of carboxylic acid groups (broad SMARTS) is 1. The molecule has 178 valence electrons. The molecular weight excluding hydrogens is 553 g/mol. The highest BCUT2D eigenvalue weighted by Crippen LogP contribution is 2.26. The normalized spacial score (nSPS) is 12.3. The van der Waals surface area contributed by atoms with E-state index < -0.39 is 33.8 Å². The number of halogens is 2. The number of hydrogen-bond acceptors (Lipinski definition) is 7. The minimum Gasteiger partial charge on any atom is -0.479 e. The Bertz CT molecular complexity index is 1350. The summed E-state index contributed by atoms with van der Waals surface area (Å²) in [5.41, 5.74) is 2.32. The van der Waals surface area contributed by atoms with Gasteiger partial charge in [-0.2, -0.15) is 5.10 Å². The molecule has 3 N–H and O–H groups in total. The number of para-hydroxylation sites is 1. The van der Waals surface area contributed by atoms with Crippen molar-refractivity contribution in [2.45, 2.75) is 17.2 Å². The number of anilines is 1. The molecule has 3 aromatic rings. The van der Waals surface area contributed by atoms with Crippen LogP contribution in [0.1, 0.15) is 22.8 Å². The Morgan fingerprint density at radius 1 is 1.24 bits per heavy atom. The molecule has 1 heterocycles. The zero-order chi connectivity index (χ0) is 24.9. The van der Waals surface area contributed by atoms with Gasteiger partial charge >= 0.3 is 5.97 Å². The summed E-state index contributed by atoms with van der Waals surface area (Å²) >= 11 is 4.26. The molecule has 2 aromatic carbocycles. The highest BCUT2D eigenvalue weighted by Gasteiger charge is 2.20. The summed E-state index contributed by atoms with van der Waals surface area (Å²) in [5.74, 6) is -3.19. The van der Waals surface area contributed by atoms with E-state index in [1.807, 2.05) is 0 Å². The monoisotopic (exact) mass is 569 g/mol. The molecule has 1 amide bonds. The lowest BCUT2D eigenvalue weighted by Gasteiger charge is -2.13. The zero-order valence-electron chi connectivity index (χ0n) is 17.4. The molecule has 0 bridgehead atoms. The van der Waals surface area contributed by atoms with Crippen molar-refractivity contribution < 1.29 is 32.2 Å². The number of benzene rings is 2. The van der Waals surface area contributed by atoms with E-state index in [9.17, 15) is 22.4 Å². The Hall–Kier alpha value is -3.29. The predicted octanol–water partition coefficient (Wildman–Crippen LogP) is 4.07. The number of aliphatic carboxylic acids is 1. The van der Waals surface area contributed by atoms with Crippen LogP contribution in [0, 0.1) is 5.82 Å². The molecule has 0 saturated heterocycles. The molecule has 3 rings (SSSR count). The van der Waals surface area contributed by atoms with Crippen LogP contribution < -0.4 is 14.9 Å². The first kappa shape index (κ1) is 25.3. The van der Waals surface area contributed by atoms with Crippen LogP contribution in [0.2, 0.25) is 0 Å². The quantitative estimate of drug-likeness (QED) is 0.262. The summed E-state index contributed by atoms with van der Waals surface area (Å²) in [6, 6.07) is 11.3. The van der Waals surface area contributed by atoms with Gasteiger partial charge in [-0.3, -0.25) is 9.52 Å². The number of sulfonamides is 1. The van der Waals surface area contributed by atoms with Crippen LogP contribution >= 0.6 is 27.3 Å². The second-order valence-corrected chi connectivity index (χ2v) is 10.5. The SMILES string of the molecule is CC(Oc1c(F)cccc1/C=N\NC(=O)c1cc(Br)ccc1NS(=O)(=O)c1cccs1)C(=O)O. The van der Waals surface area contributed by atoms with Gasteiger partial charge < -0.3 is 9.84 Å². The maximum absolute atomic E-state index is 14.2. The number of thiophene rings is 1. The maximum atomic E-state index is 14.2. The standard InChI is InChI=1S/C21H17BrFN3O6S2/c1-12(21(28)29)32-19-13(4-2-5-16(19)23)11-24-25-20(27)15-10-14(22)7-8-17(15)26-34(30,31)18-6-3-9-33-18/h2-12,26H,1H3,(H,25,27)(H,28,29)/b24-11-. The van der Waals surface area contributed by atoms with Gasteiger partial charge in [0.15, 0.2) is 17.7 Å². The van der Waals surface area contributed by atoms with Crippen molar-refractivity contribution in [2.24, 2.45) is 5.10 Å². The number of nitrogens with one attached hydrogen (secondary N) is 2. The summed E-state index contributed by atoms with van der Waals surface area (Å²) in [6.07, 6.45) is -0.238. The first-order valence-electron chi connectivity index (χ1n) is 9.45. The first-order chi connectivity index (χ1) is 16.1.